The Balaban J connectivity index is 1.60. The highest BCUT2D eigenvalue weighted by Gasteiger charge is 2.43. The molecule has 10 nitrogen and oxygen atoms in total. The maximum atomic E-state index is 14.3. The van der Waals surface area contributed by atoms with Crippen molar-refractivity contribution in [2.24, 2.45) is 5.92 Å². The maximum Gasteiger partial charge on any atom is 0.413 e. The number of nitrogens with one attached hydrogen (secondary N) is 3. The summed E-state index contributed by atoms with van der Waals surface area (Å²) in [5, 5.41) is 8.22. The van der Waals surface area contributed by atoms with Crippen molar-refractivity contribution in [3.8, 4) is 0 Å². The predicted molar refractivity (Wildman–Crippen MR) is 134 cm³/mol. The second kappa shape index (κ2) is 11.7. The van der Waals surface area contributed by atoms with Crippen LogP contribution in [-0.2, 0) is 25.5 Å². The molecule has 0 spiro atoms. The number of carbonyl (C=O) groups is 3. The lowest BCUT2D eigenvalue weighted by molar-refractivity contribution is -0.131. The highest BCUT2D eigenvalue weighted by Crippen LogP contribution is 2.33. The molecule has 1 fully saturated rings. The van der Waals surface area contributed by atoms with Gasteiger partial charge in [0.05, 0.1) is 11.7 Å². The summed E-state index contributed by atoms with van der Waals surface area (Å²) in [4.78, 5) is 45.4. The zero-order valence-corrected chi connectivity index (χ0v) is 21.1. The van der Waals surface area contributed by atoms with E-state index in [9.17, 15) is 18.8 Å². The lowest BCUT2D eigenvalue weighted by atomic mass is 9.90. The zero-order chi connectivity index (χ0) is 26.5. The number of halogens is 1. The summed E-state index contributed by atoms with van der Waals surface area (Å²) < 4.78 is 25.4. The summed E-state index contributed by atoms with van der Waals surface area (Å²) in [5.41, 5.74) is 1.26. The van der Waals surface area contributed by atoms with Crippen molar-refractivity contribution in [3.05, 3.63) is 53.5 Å². The van der Waals surface area contributed by atoms with Gasteiger partial charge >= 0.3 is 6.09 Å². The first-order chi connectivity index (χ1) is 17.8. The fraction of sp³-hybridized carbons (Fsp3) is 0.462. The number of para-hydroxylation sites is 1. The minimum Gasteiger partial charge on any atom is -0.424 e. The fourth-order valence-electron chi connectivity index (χ4n) is 4.60. The lowest BCUT2D eigenvalue weighted by Gasteiger charge is -2.34. The number of hydrogen-bond acceptors (Lipinski definition) is 7. The Morgan fingerprint density at radius 2 is 1.95 bits per heavy atom. The smallest absolute Gasteiger partial charge is 0.413 e. The second-order valence-corrected chi connectivity index (χ2v) is 9.26. The van der Waals surface area contributed by atoms with Gasteiger partial charge in [-0.15, -0.1) is 0 Å². The third-order valence-electron chi connectivity index (χ3n) is 6.84. The number of benzene rings is 1. The molecular weight excluding hydrogens is 481 g/mol. The molecule has 0 saturated carbocycles. The Kier molecular flexibility index (Phi) is 8.34. The van der Waals surface area contributed by atoms with E-state index in [1.165, 1.54) is 11.0 Å². The lowest BCUT2D eigenvalue weighted by Crippen LogP contribution is -2.58. The van der Waals surface area contributed by atoms with Gasteiger partial charge in [-0.25, -0.2) is 14.2 Å². The molecule has 0 radical (unpaired) electrons. The number of nitrogens with zero attached hydrogens (tertiary/aromatic N) is 2. The number of ether oxygens (including phenoxy) is 2. The van der Waals surface area contributed by atoms with Gasteiger partial charge in [0.15, 0.2) is 6.23 Å². The fourth-order valence-corrected chi connectivity index (χ4v) is 4.60. The number of aromatic nitrogens is 1. The molecule has 4 rings (SSSR count). The molecule has 2 aromatic rings. The first kappa shape index (κ1) is 26.5. The molecule has 2 aliphatic heterocycles. The highest BCUT2D eigenvalue weighted by atomic mass is 19.1. The van der Waals surface area contributed by atoms with Crippen molar-refractivity contribution in [1.29, 1.82) is 0 Å². The molecule has 3 atom stereocenters. The molecule has 1 saturated heterocycles. The molecule has 2 aliphatic rings. The maximum absolute atomic E-state index is 14.3. The van der Waals surface area contributed by atoms with Crippen LogP contribution >= 0.6 is 0 Å². The molecule has 37 heavy (non-hydrogen) atoms. The highest BCUT2D eigenvalue weighted by molar-refractivity contribution is 6.01. The molecule has 11 heteroatoms. The monoisotopic (exact) mass is 513 g/mol. The van der Waals surface area contributed by atoms with Gasteiger partial charge in [0, 0.05) is 31.4 Å². The first-order valence-electron chi connectivity index (χ1n) is 12.3. The summed E-state index contributed by atoms with van der Waals surface area (Å²) in [7, 11) is 1.66. The van der Waals surface area contributed by atoms with Crippen LogP contribution < -0.4 is 20.9 Å². The normalized spacial score (nSPS) is 19.0. The minimum absolute atomic E-state index is 0.00686. The average molecular weight is 514 g/mol. The minimum atomic E-state index is -1.02. The number of hydrogen-bond donors (Lipinski definition) is 3. The van der Waals surface area contributed by atoms with Gasteiger partial charge in [-0.05, 0) is 57.4 Å². The third-order valence-corrected chi connectivity index (χ3v) is 6.84. The molecule has 0 bridgehead atoms. The standard InChI is InChI=1S/C26H32FN5O5/c1-15-6-4-8-19(27)21(15)31-26(35)37-20-14-18-7-5-11-29-23(18)32(20)25(34)22(17-9-12-36-13-10-17)30-24(33)16(2)28-3/h4-8,11,16-17,20,22,28H,9-10,12-14H2,1-3H3,(H,30,33)(H,31,35)/t16-,20-,22-/m0/s1. The van der Waals surface area contributed by atoms with Crippen LogP contribution in [0, 0.1) is 18.7 Å². The van der Waals surface area contributed by atoms with Gasteiger partial charge in [0.2, 0.25) is 5.91 Å². The van der Waals surface area contributed by atoms with Crippen LogP contribution in [0.5, 0.6) is 0 Å². The number of fused-ring (bicyclic) bond motifs is 1. The largest absolute Gasteiger partial charge is 0.424 e. The van der Waals surface area contributed by atoms with Crippen molar-refractivity contribution >= 4 is 29.4 Å². The van der Waals surface area contributed by atoms with Crippen molar-refractivity contribution in [2.75, 3.05) is 30.5 Å². The number of anilines is 2. The Labute approximate surface area is 214 Å². The Hall–Kier alpha value is -3.57. The van der Waals surface area contributed by atoms with Gasteiger partial charge in [-0.1, -0.05) is 18.2 Å². The molecular formula is C26H32FN5O5. The zero-order valence-electron chi connectivity index (χ0n) is 21.1. The summed E-state index contributed by atoms with van der Waals surface area (Å²) in [5.74, 6) is -1.15. The predicted octanol–water partition coefficient (Wildman–Crippen LogP) is 2.51. The van der Waals surface area contributed by atoms with E-state index in [4.69, 9.17) is 9.47 Å². The van der Waals surface area contributed by atoms with E-state index >= 15 is 0 Å². The molecule has 0 unspecified atom stereocenters. The number of pyridine rings is 1. The van der Waals surface area contributed by atoms with E-state index < -0.39 is 36.1 Å². The Bertz CT molecular complexity index is 1140. The van der Waals surface area contributed by atoms with E-state index in [1.807, 2.05) is 0 Å². The summed E-state index contributed by atoms with van der Waals surface area (Å²) in [6.45, 7) is 4.32. The molecule has 3 N–H and O–H groups in total. The number of aryl methyl sites for hydroxylation is 1. The molecule has 1 aromatic heterocycles. The molecule has 3 amide bonds. The molecule has 0 aliphatic carbocycles. The van der Waals surface area contributed by atoms with Crippen molar-refractivity contribution in [1.82, 2.24) is 15.6 Å². The quantitative estimate of drug-likeness (QED) is 0.520. The van der Waals surface area contributed by atoms with Crippen LogP contribution in [-0.4, -0.2) is 61.5 Å². The van der Waals surface area contributed by atoms with Crippen LogP contribution in [0.3, 0.4) is 0 Å². The van der Waals surface area contributed by atoms with E-state index in [1.54, 1.807) is 51.4 Å². The van der Waals surface area contributed by atoms with Crippen LogP contribution in [0.15, 0.2) is 36.5 Å². The van der Waals surface area contributed by atoms with Gasteiger partial charge in [0.25, 0.3) is 5.91 Å². The topological polar surface area (TPSA) is 122 Å². The summed E-state index contributed by atoms with van der Waals surface area (Å²) in [6.07, 6.45) is 1.01. The van der Waals surface area contributed by atoms with E-state index in [2.05, 4.69) is 20.9 Å². The van der Waals surface area contributed by atoms with Crippen molar-refractivity contribution in [3.63, 3.8) is 0 Å². The van der Waals surface area contributed by atoms with Crippen LogP contribution in [0.4, 0.5) is 20.7 Å². The van der Waals surface area contributed by atoms with Gasteiger partial charge < -0.3 is 20.1 Å². The van der Waals surface area contributed by atoms with Gasteiger partial charge in [-0.3, -0.25) is 19.8 Å². The SMILES string of the molecule is CN[C@@H](C)C(=O)N[C@H](C(=O)N1c2ncccc2C[C@@H]1OC(=O)Nc1c(C)cccc1F)C1CCOCC1. The van der Waals surface area contributed by atoms with E-state index in [-0.39, 0.29) is 23.9 Å². The van der Waals surface area contributed by atoms with Gasteiger partial charge in [0.1, 0.15) is 17.7 Å². The van der Waals surface area contributed by atoms with E-state index in [0.717, 1.165) is 5.56 Å². The number of amides is 3. The number of carbonyl (C=O) groups excluding carboxylic acids is 3. The van der Waals surface area contributed by atoms with Crippen LogP contribution in [0.1, 0.15) is 30.9 Å². The van der Waals surface area contributed by atoms with Crippen LogP contribution in [0.2, 0.25) is 0 Å². The molecule has 198 valence electrons. The Morgan fingerprint density at radius 1 is 1.19 bits per heavy atom. The van der Waals surface area contributed by atoms with Crippen molar-refractivity contribution < 1.29 is 28.2 Å². The summed E-state index contributed by atoms with van der Waals surface area (Å²) >= 11 is 0. The first-order valence-corrected chi connectivity index (χ1v) is 12.3. The van der Waals surface area contributed by atoms with Crippen molar-refractivity contribution in [2.45, 2.75) is 51.4 Å². The van der Waals surface area contributed by atoms with Gasteiger partial charge in [-0.2, -0.15) is 0 Å². The Morgan fingerprint density at radius 3 is 2.65 bits per heavy atom. The van der Waals surface area contributed by atoms with Crippen LogP contribution in [0.25, 0.3) is 0 Å². The number of likely N-dealkylation sites (N-methyl/N-ethyl adjacent to an activating group) is 1. The third kappa shape index (κ3) is 5.89. The van der Waals surface area contributed by atoms with E-state index in [0.29, 0.717) is 37.4 Å². The molecule has 1 aromatic carbocycles. The number of rotatable bonds is 7. The second-order valence-electron chi connectivity index (χ2n) is 9.26. The average Bonchev–Trinajstić information content (AvgIpc) is 3.26. The molecule has 3 heterocycles. The summed E-state index contributed by atoms with van der Waals surface area (Å²) in [6, 6.07) is 6.59.